The van der Waals surface area contributed by atoms with Gasteiger partial charge >= 0.3 is 0 Å². The first-order valence-electron chi connectivity index (χ1n) is 5.27. The monoisotopic (exact) mass is 191 g/mol. The van der Waals surface area contributed by atoms with Crippen LogP contribution in [0.2, 0.25) is 0 Å². The van der Waals surface area contributed by atoms with E-state index in [1.807, 2.05) is 0 Å². The lowest BCUT2D eigenvalue weighted by atomic mass is 9.95. The molecule has 1 aliphatic heterocycles. The van der Waals surface area contributed by atoms with Gasteiger partial charge in [-0.3, -0.25) is 0 Å². The fourth-order valence-electron chi connectivity index (χ4n) is 1.74. The van der Waals surface area contributed by atoms with E-state index in [9.17, 15) is 0 Å². The SMILES string of the molecule is NCCCc1cccc(C2COC2)c1. The lowest BCUT2D eigenvalue weighted by Crippen LogP contribution is -2.25. The van der Waals surface area contributed by atoms with Crippen molar-refractivity contribution in [3.8, 4) is 0 Å². The molecule has 0 aromatic heterocycles. The highest BCUT2D eigenvalue weighted by atomic mass is 16.5. The first kappa shape index (κ1) is 9.69. The van der Waals surface area contributed by atoms with Gasteiger partial charge in [-0.1, -0.05) is 24.3 Å². The normalized spacial score (nSPS) is 16.6. The predicted octanol–water partition coefficient (Wildman–Crippen LogP) is 1.69. The van der Waals surface area contributed by atoms with E-state index in [4.69, 9.17) is 10.5 Å². The summed E-state index contributed by atoms with van der Waals surface area (Å²) in [6.07, 6.45) is 2.17. The Balaban J connectivity index is 2.02. The summed E-state index contributed by atoms with van der Waals surface area (Å²) < 4.78 is 5.19. The van der Waals surface area contributed by atoms with Crippen molar-refractivity contribution in [1.29, 1.82) is 0 Å². The molecule has 0 unspecified atom stereocenters. The molecule has 1 aromatic rings. The van der Waals surface area contributed by atoms with Crippen LogP contribution in [0, 0.1) is 0 Å². The van der Waals surface area contributed by atoms with E-state index in [1.165, 1.54) is 11.1 Å². The van der Waals surface area contributed by atoms with Crippen LogP contribution in [-0.4, -0.2) is 19.8 Å². The average Bonchev–Trinajstić information content (AvgIpc) is 2.13. The van der Waals surface area contributed by atoms with Crippen LogP contribution < -0.4 is 5.73 Å². The van der Waals surface area contributed by atoms with Crippen molar-refractivity contribution in [1.82, 2.24) is 0 Å². The highest BCUT2D eigenvalue weighted by Crippen LogP contribution is 2.24. The fraction of sp³-hybridized carbons (Fsp3) is 0.500. The lowest BCUT2D eigenvalue weighted by Gasteiger charge is -2.26. The van der Waals surface area contributed by atoms with Crippen molar-refractivity contribution in [2.24, 2.45) is 5.73 Å². The minimum Gasteiger partial charge on any atom is -0.380 e. The van der Waals surface area contributed by atoms with Gasteiger partial charge in [-0.05, 0) is 30.5 Å². The fourth-order valence-corrected chi connectivity index (χ4v) is 1.74. The van der Waals surface area contributed by atoms with Gasteiger partial charge in [0.25, 0.3) is 0 Å². The predicted molar refractivity (Wildman–Crippen MR) is 57.4 cm³/mol. The molecule has 76 valence electrons. The van der Waals surface area contributed by atoms with Gasteiger partial charge in [0.1, 0.15) is 0 Å². The molecule has 0 saturated carbocycles. The van der Waals surface area contributed by atoms with Gasteiger partial charge in [0.05, 0.1) is 13.2 Å². The molecule has 1 heterocycles. The zero-order chi connectivity index (χ0) is 9.80. The largest absolute Gasteiger partial charge is 0.380 e. The molecule has 1 fully saturated rings. The van der Waals surface area contributed by atoms with Crippen molar-refractivity contribution in [2.45, 2.75) is 18.8 Å². The van der Waals surface area contributed by atoms with E-state index >= 15 is 0 Å². The Labute approximate surface area is 85.1 Å². The standard InChI is InChI=1S/C12H17NO/c13-6-2-4-10-3-1-5-11(7-10)12-8-14-9-12/h1,3,5,7,12H,2,4,6,8-9,13H2. The second-order valence-corrected chi connectivity index (χ2v) is 3.87. The number of rotatable bonds is 4. The Kier molecular flexibility index (Phi) is 3.17. The molecule has 0 amide bonds. The highest BCUT2D eigenvalue weighted by molar-refractivity contribution is 5.27. The summed E-state index contributed by atoms with van der Waals surface area (Å²) in [5, 5.41) is 0. The second-order valence-electron chi connectivity index (χ2n) is 3.87. The molecule has 2 heteroatoms. The Morgan fingerprint density at radius 1 is 1.36 bits per heavy atom. The van der Waals surface area contributed by atoms with E-state index in [2.05, 4.69) is 24.3 Å². The van der Waals surface area contributed by atoms with Crippen LogP contribution in [0.25, 0.3) is 0 Å². The summed E-state index contributed by atoms with van der Waals surface area (Å²) in [5.74, 6) is 0.632. The molecule has 14 heavy (non-hydrogen) atoms. The number of hydrogen-bond acceptors (Lipinski definition) is 2. The summed E-state index contributed by atoms with van der Waals surface area (Å²) >= 11 is 0. The molecule has 0 spiro atoms. The van der Waals surface area contributed by atoms with Crippen molar-refractivity contribution in [3.05, 3.63) is 35.4 Å². The summed E-state index contributed by atoms with van der Waals surface area (Å²) in [7, 11) is 0. The second kappa shape index (κ2) is 4.58. The Morgan fingerprint density at radius 3 is 2.86 bits per heavy atom. The molecule has 0 bridgehead atoms. The van der Waals surface area contributed by atoms with Crippen molar-refractivity contribution < 1.29 is 4.74 Å². The molecule has 0 aliphatic carbocycles. The van der Waals surface area contributed by atoms with Gasteiger partial charge in [-0.25, -0.2) is 0 Å². The highest BCUT2D eigenvalue weighted by Gasteiger charge is 2.20. The maximum Gasteiger partial charge on any atom is 0.0557 e. The van der Waals surface area contributed by atoms with Crippen LogP contribution in [0.4, 0.5) is 0 Å². The Morgan fingerprint density at radius 2 is 2.21 bits per heavy atom. The summed E-state index contributed by atoms with van der Waals surface area (Å²) in [6.45, 7) is 2.55. The van der Waals surface area contributed by atoms with Crippen LogP contribution in [0.1, 0.15) is 23.5 Å². The number of benzene rings is 1. The molecule has 0 radical (unpaired) electrons. The third-order valence-corrected chi connectivity index (χ3v) is 2.73. The quantitative estimate of drug-likeness (QED) is 0.786. The molecule has 2 nitrogen and oxygen atoms in total. The summed E-state index contributed by atoms with van der Waals surface area (Å²) in [6, 6.07) is 8.81. The van der Waals surface area contributed by atoms with Gasteiger partial charge in [0, 0.05) is 5.92 Å². The van der Waals surface area contributed by atoms with E-state index in [0.29, 0.717) is 5.92 Å². The molecule has 0 atom stereocenters. The Hall–Kier alpha value is -0.860. The first-order chi connectivity index (χ1) is 6.90. The van der Waals surface area contributed by atoms with E-state index < -0.39 is 0 Å². The van der Waals surface area contributed by atoms with Gasteiger partial charge in [-0.2, -0.15) is 0 Å². The minimum atomic E-state index is 0.632. The molecule has 2 rings (SSSR count). The summed E-state index contributed by atoms with van der Waals surface area (Å²) in [4.78, 5) is 0. The third kappa shape index (κ3) is 2.14. The van der Waals surface area contributed by atoms with Crippen LogP contribution in [-0.2, 0) is 11.2 Å². The van der Waals surface area contributed by atoms with Crippen LogP contribution in [0.5, 0.6) is 0 Å². The lowest BCUT2D eigenvalue weighted by molar-refractivity contribution is 0.00840. The van der Waals surface area contributed by atoms with Crippen LogP contribution in [0.15, 0.2) is 24.3 Å². The minimum absolute atomic E-state index is 0.632. The van der Waals surface area contributed by atoms with Crippen molar-refractivity contribution >= 4 is 0 Å². The Bertz CT molecular complexity index is 294. The molecule has 1 saturated heterocycles. The summed E-state index contributed by atoms with van der Waals surface area (Å²) in [5.41, 5.74) is 8.32. The zero-order valence-corrected chi connectivity index (χ0v) is 8.41. The van der Waals surface area contributed by atoms with Gasteiger partial charge in [0.2, 0.25) is 0 Å². The molecular formula is C12H17NO. The van der Waals surface area contributed by atoms with E-state index in [-0.39, 0.29) is 0 Å². The van der Waals surface area contributed by atoms with E-state index in [0.717, 1.165) is 32.6 Å². The van der Waals surface area contributed by atoms with Gasteiger partial charge in [0.15, 0.2) is 0 Å². The molecule has 1 aromatic carbocycles. The van der Waals surface area contributed by atoms with Crippen molar-refractivity contribution in [3.63, 3.8) is 0 Å². The number of hydrogen-bond donors (Lipinski definition) is 1. The van der Waals surface area contributed by atoms with Crippen molar-refractivity contribution in [2.75, 3.05) is 19.8 Å². The zero-order valence-electron chi connectivity index (χ0n) is 8.41. The smallest absolute Gasteiger partial charge is 0.0557 e. The third-order valence-electron chi connectivity index (χ3n) is 2.73. The maximum absolute atomic E-state index is 5.49. The van der Waals surface area contributed by atoms with Crippen LogP contribution in [0.3, 0.4) is 0 Å². The number of aryl methyl sites for hydroxylation is 1. The van der Waals surface area contributed by atoms with Crippen LogP contribution >= 0.6 is 0 Å². The number of nitrogens with two attached hydrogens (primary N) is 1. The molecule has 1 aliphatic rings. The number of ether oxygens (including phenoxy) is 1. The van der Waals surface area contributed by atoms with E-state index in [1.54, 1.807) is 0 Å². The average molecular weight is 191 g/mol. The molecular weight excluding hydrogens is 174 g/mol. The molecule has 2 N–H and O–H groups in total. The van der Waals surface area contributed by atoms with Gasteiger partial charge < -0.3 is 10.5 Å². The van der Waals surface area contributed by atoms with Gasteiger partial charge in [-0.15, -0.1) is 0 Å². The first-order valence-corrected chi connectivity index (χ1v) is 5.27. The maximum atomic E-state index is 5.49. The topological polar surface area (TPSA) is 35.2 Å².